The lowest BCUT2D eigenvalue weighted by Crippen LogP contribution is -2.23. The molecule has 0 unspecified atom stereocenters. The molecule has 0 atom stereocenters. The number of fused-ring (bicyclic) bond motifs is 1. The van der Waals surface area contributed by atoms with Crippen molar-refractivity contribution in [3.05, 3.63) is 69.7 Å². The van der Waals surface area contributed by atoms with Crippen molar-refractivity contribution < 1.29 is 9.53 Å². The molecule has 0 aliphatic heterocycles. The fraction of sp³-hybridized carbons (Fsp3) is 0.200. The first-order valence-electron chi connectivity index (χ1n) is 7.69. The van der Waals surface area contributed by atoms with Gasteiger partial charge in [0, 0.05) is 21.0 Å². The molecule has 0 N–H and O–H groups in total. The van der Waals surface area contributed by atoms with Crippen LogP contribution in [0, 0.1) is 0 Å². The molecule has 0 aliphatic rings. The van der Waals surface area contributed by atoms with E-state index in [9.17, 15) is 9.59 Å². The van der Waals surface area contributed by atoms with Gasteiger partial charge in [0.1, 0.15) is 5.60 Å². The Labute approximate surface area is 144 Å². The molecule has 0 saturated heterocycles. The van der Waals surface area contributed by atoms with Crippen LogP contribution in [0.25, 0.3) is 21.2 Å². The Hall–Kier alpha value is -2.46. The highest BCUT2D eigenvalue weighted by molar-refractivity contribution is 7.16. The Morgan fingerprint density at radius 2 is 1.67 bits per heavy atom. The first-order chi connectivity index (χ1) is 11.3. The van der Waals surface area contributed by atoms with Gasteiger partial charge >= 0.3 is 5.97 Å². The lowest BCUT2D eigenvalue weighted by Gasteiger charge is -2.19. The van der Waals surface area contributed by atoms with Crippen LogP contribution < -0.4 is 5.43 Å². The van der Waals surface area contributed by atoms with E-state index >= 15 is 0 Å². The monoisotopic (exact) mass is 338 g/mol. The van der Waals surface area contributed by atoms with E-state index in [4.69, 9.17) is 4.74 Å². The normalized spacial score (nSPS) is 11.5. The van der Waals surface area contributed by atoms with E-state index in [0.29, 0.717) is 11.1 Å². The van der Waals surface area contributed by atoms with Crippen molar-refractivity contribution in [2.24, 2.45) is 0 Å². The van der Waals surface area contributed by atoms with Crippen molar-refractivity contribution in [2.75, 3.05) is 0 Å². The first-order valence-corrected chi connectivity index (χ1v) is 8.57. The lowest BCUT2D eigenvalue weighted by atomic mass is 10.0. The first kappa shape index (κ1) is 16.4. The Kier molecular flexibility index (Phi) is 4.24. The highest BCUT2D eigenvalue weighted by atomic mass is 32.1. The van der Waals surface area contributed by atoms with Gasteiger partial charge in [0.05, 0.1) is 5.56 Å². The van der Waals surface area contributed by atoms with Crippen molar-refractivity contribution in [3.8, 4) is 11.1 Å². The number of ether oxygens (including phenoxy) is 1. The summed E-state index contributed by atoms with van der Waals surface area (Å²) in [5.41, 5.74) is 1.40. The largest absolute Gasteiger partial charge is 0.456 e. The minimum absolute atomic E-state index is 0.00867. The van der Waals surface area contributed by atoms with Crippen LogP contribution in [0.4, 0.5) is 0 Å². The van der Waals surface area contributed by atoms with E-state index in [2.05, 4.69) is 0 Å². The number of carbonyl (C=O) groups excluding carboxylic acids is 1. The van der Waals surface area contributed by atoms with Crippen molar-refractivity contribution in [3.63, 3.8) is 0 Å². The highest BCUT2D eigenvalue weighted by Gasteiger charge is 2.18. The van der Waals surface area contributed by atoms with Crippen LogP contribution in [0.2, 0.25) is 0 Å². The maximum absolute atomic E-state index is 12.7. The summed E-state index contributed by atoms with van der Waals surface area (Å²) in [5.74, 6) is -0.363. The summed E-state index contributed by atoms with van der Waals surface area (Å²) in [6.07, 6.45) is 0. The van der Waals surface area contributed by atoms with E-state index < -0.39 is 5.60 Å². The van der Waals surface area contributed by atoms with E-state index in [1.807, 2.05) is 50.4 Å². The molecule has 0 aliphatic carbocycles. The number of carbonyl (C=O) groups is 1. The standard InChI is InChI=1S/C20H18O3S/c1-20(2,3)23-19(22)14-10-8-13(9-11-14)16-12-24-17-7-5-4-6-15(17)18(16)21/h4-12H,1-3H3. The molecule has 3 aromatic rings. The molecule has 0 amide bonds. The van der Waals surface area contributed by atoms with Gasteiger partial charge in [-0.25, -0.2) is 4.79 Å². The molecular weight excluding hydrogens is 320 g/mol. The summed E-state index contributed by atoms with van der Waals surface area (Å²) in [7, 11) is 0. The number of hydrogen-bond donors (Lipinski definition) is 0. The molecule has 4 heteroatoms. The summed E-state index contributed by atoms with van der Waals surface area (Å²) in [4.78, 5) is 24.7. The number of rotatable bonds is 2. The number of hydrogen-bond acceptors (Lipinski definition) is 4. The van der Waals surface area contributed by atoms with Crippen LogP contribution >= 0.6 is 11.3 Å². The molecule has 2 aromatic carbocycles. The fourth-order valence-electron chi connectivity index (χ4n) is 2.40. The summed E-state index contributed by atoms with van der Waals surface area (Å²) in [6.45, 7) is 5.50. The summed E-state index contributed by atoms with van der Waals surface area (Å²) < 4.78 is 6.32. The van der Waals surface area contributed by atoms with Gasteiger partial charge in [0.25, 0.3) is 0 Å². The molecule has 0 radical (unpaired) electrons. The van der Waals surface area contributed by atoms with Crippen molar-refractivity contribution >= 4 is 27.4 Å². The fourth-order valence-corrected chi connectivity index (χ4v) is 3.33. The molecule has 1 aromatic heterocycles. The van der Waals surface area contributed by atoms with Crippen molar-refractivity contribution in [1.82, 2.24) is 0 Å². The highest BCUT2D eigenvalue weighted by Crippen LogP contribution is 2.24. The van der Waals surface area contributed by atoms with E-state index in [0.717, 1.165) is 15.6 Å². The van der Waals surface area contributed by atoms with Gasteiger partial charge in [-0.15, -0.1) is 11.3 Å². The molecular formula is C20H18O3S. The van der Waals surface area contributed by atoms with Gasteiger partial charge in [-0.1, -0.05) is 24.3 Å². The van der Waals surface area contributed by atoms with Gasteiger partial charge in [0.15, 0.2) is 5.43 Å². The summed E-state index contributed by atoms with van der Waals surface area (Å²) in [6, 6.07) is 14.5. The quantitative estimate of drug-likeness (QED) is 0.625. The molecule has 122 valence electrons. The van der Waals surface area contributed by atoms with Crippen LogP contribution in [0.3, 0.4) is 0 Å². The van der Waals surface area contributed by atoms with Crippen molar-refractivity contribution in [1.29, 1.82) is 0 Å². The lowest BCUT2D eigenvalue weighted by molar-refractivity contribution is 0.00696. The van der Waals surface area contributed by atoms with E-state index in [1.165, 1.54) is 11.3 Å². The number of benzene rings is 2. The zero-order valence-corrected chi connectivity index (χ0v) is 14.6. The van der Waals surface area contributed by atoms with Crippen molar-refractivity contribution in [2.45, 2.75) is 26.4 Å². The van der Waals surface area contributed by atoms with Crippen LogP contribution in [0.5, 0.6) is 0 Å². The molecule has 0 spiro atoms. The Morgan fingerprint density at radius 1 is 1.00 bits per heavy atom. The van der Waals surface area contributed by atoms with E-state index in [1.54, 1.807) is 24.3 Å². The molecule has 24 heavy (non-hydrogen) atoms. The SMILES string of the molecule is CC(C)(C)OC(=O)c1ccc(-c2csc3ccccc3c2=O)cc1. The predicted molar refractivity (Wildman–Crippen MR) is 98.7 cm³/mol. The Balaban J connectivity index is 1.96. The molecule has 3 rings (SSSR count). The van der Waals surface area contributed by atoms with Crippen LogP contribution in [0.1, 0.15) is 31.1 Å². The maximum Gasteiger partial charge on any atom is 0.338 e. The predicted octanol–water partition coefficient (Wildman–Crippen LogP) is 4.88. The summed E-state index contributed by atoms with van der Waals surface area (Å²) in [5, 5.41) is 2.59. The average molecular weight is 338 g/mol. The second-order valence-electron chi connectivity index (χ2n) is 6.55. The number of esters is 1. The maximum atomic E-state index is 12.7. The third kappa shape index (κ3) is 3.39. The second kappa shape index (κ2) is 6.21. The molecule has 0 fully saturated rings. The van der Waals surface area contributed by atoms with E-state index in [-0.39, 0.29) is 11.4 Å². The third-order valence-electron chi connectivity index (χ3n) is 3.51. The Bertz CT molecular complexity index is 947. The molecule has 1 heterocycles. The average Bonchev–Trinajstić information content (AvgIpc) is 2.54. The smallest absolute Gasteiger partial charge is 0.338 e. The van der Waals surface area contributed by atoms with Crippen LogP contribution in [-0.2, 0) is 4.74 Å². The second-order valence-corrected chi connectivity index (χ2v) is 7.47. The summed E-state index contributed by atoms with van der Waals surface area (Å²) >= 11 is 1.54. The minimum atomic E-state index is -0.530. The zero-order chi connectivity index (χ0) is 17.3. The van der Waals surface area contributed by atoms with Gasteiger partial charge in [-0.2, -0.15) is 0 Å². The van der Waals surface area contributed by atoms with Gasteiger partial charge in [-0.3, -0.25) is 4.79 Å². The zero-order valence-electron chi connectivity index (χ0n) is 13.8. The van der Waals surface area contributed by atoms with Gasteiger partial charge < -0.3 is 4.74 Å². The Morgan fingerprint density at radius 3 is 2.33 bits per heavy atom. The third-order valence-corrected chi connectivity index (χ3v) is 4.47. The molecule has 0 bridgehead atoms. The van der Waals surface area contributed by atoms with Gasteiger partial charge in [-0.05, 0) is 50.6 Å². The molecule has 3 nitrogen and oxygen atoms in total. The minimum Gasteiger partial charge on any atom is -0.456 e. The topological polar surface area (TPSA) is 43.4 Å². The molecule has 0 saturated carbocycles. The van der Waals surface area contributed by atoms with Crippen LogP contribution in [0.15, 0.2) is 58.7 Å². The van der Waals surface area contributed by atoms with Gasteiger partial charge in [0.2, 0.25) is 0 Å². The van der Waals surface area contributed by atoms with Crippen LogP contribution in [-0.4, -0.2) is 11.6 Å².